The number of halogens is 3. The number of esters is 1. The first kappa shape index (κ1) is 33.0. The summed E-state index contributed by atoms with van der Waals surface area (Å²) in [5.74, 6) is -2.87. The number of pyridine rings is 1. The summed E-state index contributed by atoms with van der Waals surface area (Å²) in [6.07, 6.45) is 2.54. The fraction of sp³-hybridized carbons (Fsp3) is 0.286. The van der Waals surface area contributed by atoms with Gasteiger partial charge in [0.25, 0.3) is 5.91 Å². The van der Waals surface area contributed by atoms with Gasteiger partial charge in [-0.25, -0.2) is 18.0 Å². The molecule has 6 rings (SSSR count). The maximum Gasteiger partial charge on any atom is 0.340 e. The number of carbonyl (C=O) groups excluding carboxylic acids is 2. The Morgan fingerprint density at radius 2 is 1.79 bits per heavy atom. The van der Waals surface area contributed by atoms with Crippen LogP contribution in [0.15, 0.2) is 59.0 Å². The van der Waals surface area contributed by atoms with Gasteiger partial charge in [-0.15, -0.1) is 21.5 Å². The maximum atomic E-state index is 13.9. The molecular weight excluding hydrogens is 643 g/mol. The minimum Gasteiger partial charge on any atom is -0.462 e. The van der Waals surface area contributed by atoms with Gasteiger partial charge in [0.1, 0.15) is 5.82 Å². The number of aryl methyl sites for hydroxylation is 3. The maximum absolute atomic E-state index is 13.9. The molecule has 1 aliphatic heterocycles. The number of thiophene rings is 1. The van der Waals surface area contributed by atoms with Gasteiger partial charge in [-0.1, -0.05) is 18.2 Å². The number of rotatable bonds is 11. The smallest absolute Gasteiger partial charge is 0.340 e. The third-order valence-corrected chi connectivity index (χ3v) is 9.09. The molecule has 0 aliphatic carbocycles. The van der Waals surface area contributed by atoms with E-state index in [-0.39, 0.29) is 36.5 Å². The Morgan fingerprint density at radius 1 is 1.00 bits per heavy atom. The molecule has 1 amide bonds. The van der Waals surface area contributed by atoms with Gasteiger partial charge in [-0.05, 0) is 86.7 Å². The molecule has 2 aromatic carbocycles. The van der Waals surface area contributed by atoms with E-state index < -0.39 is 23.5 Å². The monoisotopic (exact) mass is 675 g/mol. The average molecular weight is 676 g/mol. The van der Waals surface area contributed by atoms with E-state index in [0.717, 1.165) is 48.4 Å². The molecular formula is C35H32F3N5O4S. The van der Waals surface area contributed by atoms with Gasteiger partial charge in [0, 0.05) is 23.9 Å². The molecule has 4 heterocycles. The Kier molecular flexibility index (Phi) is 9.97. The molecule has 1 fully saturated rings. The lowest BCUT2D eigenvalue weighted by Gasteiger charge is -2.22. The highest BCUT2D eigenvalue weighted by atomic mass is 32.1. The molecule has 248 valence electrons. The highest BCUT2D eigenvalue weighted by molar-refractivity contribution is 7.17. The number of hydrogen-bond donors (Lipinski definition) is 2. The third-order valence-electron chi connectivity index (χ3n) is 7.99. The van der Waals surface area contributed by atoms with Gasteiger partial charge in [-0.3, -0.25) is 9.78 Å². The normalized spacial score (nSPS) is 14.3. The van der Waals surface area contributed by atoms with Crippen molar-refractivity contribution in [2.24, 2.45) is 0 Å². The van der Waals surface area contributed by atoms with E-state index in [2.05, 4.69) is 20.8 Å². The van der Waals surface area contributed by atoms with Crippen LogP contribution in [0, 0.1) is 24.4 Å². The zero-order valence-electron chi connectivity index (χ0n) is 26.2. The van der Waals surface area contributed by atoms with E-state index >= 15 is 0 Å². The highest BCUT2D eigenvalue weighted by Crippen LogP contribution is 2.43. The second-order valence-corrected chi connectivity index (χ2v) is 12.4. The van der Waals surface area contributed by atoms with Crippen molar-refractivity contribution in [2.45, 2.75) is 52.1 Å². The lowest BCUT2D eigenvalue weighted by atomic mass is 9.91. The van der Waals surface area contributed by atoms with Crippen molar-refractivity contribution in [3.63, 3.8) is 0 Å². The van der Waals surface area contributed by atoms with Gasteiger partial charge in [-0.2, -0.15) is 0 Å². The molecule has 1 saturated heterocycles. The molecule has 0 radical (unpaired) electrons. The Bertz CT molecular complexity index is 1950. The Balaban J connectivity index is 1.48. The average Bonchev–Trinajstić information content (AvgIpc) is 3.87. The molecule has 1 unspecified atom stereocenters. The van der Waals surface area contributed by atoms with E-state index in [1.54, 1.807) is 38.1 Å². The lowest BCUT2D eigenvalue weighted by Crippen LogP contribution is -2.22. The van der Waals surface area contributed by atoms with E-state index in [9.17, 15) is 22.8 Å². The third kappa shape index (κ3) is 7.16. The summed E-state index contributed by atoms with van der Waals surface area (Å²) in [6.45, 7) is 4.23. The summed E-state index contributed by atoms with van der Waals surface area (Å²) in [5.41, 5.74) is 3.53. The SMILES string of the molecule is CCOC(=O)c1c(C2CCCN2)nc(CCc2ccc(F)cc2)c(-c2nnc(C)o2)c1-c1ccc(C(=O)NCc2ccc(F)c(F)c2)s1. The number of nitrogens with zero attached hydrogens (tertiary/aromatic N) is 3. The van der Waals surface area contributed by atoms with Crippen molar-refractivity contribution in [1.29, 1.82) is 0 Å². The molecule has 13 heteroatoms. The van der Waals surface area contributed by atoms with Crippen LogP contribution in [0.25, 0.3) is 21.9 Å². The van der Waals surface area contributed by atoms with E-state index in [1.807, 2.05) is 0 Å². The van der Waals surface area contributed by atoms with Crippen molar-refractivity contribution in [3.05, 3.63) is 111 Å². The van der Waals surface area contributed by atoms with Crippen LogP contribution < -0.4 is 10.6 Å². The number of aromatic nitrogens is 3. The second kappa shape index (κ2) is 14.5. The molecule has 3 aromatic heterocycles. The molecule has 9 nitrogen and oxygen atoms in total. The number of benzene rings is 2. The minimum atomic E-state index is -1.00. The lowest BCUT2D eigenvalue weighted by molar-refractivity contribution is 0.0524. The van der Waals surface area contributed by atoms with Crippen LogP contribution in [0.4, 0.5) is 13.2 Å². The van der Waals surface area contributed by atoms with Crippen LogP contribution in [-0.2, 0) is 24.1 Å². The Hall–Kier alpha value is -4.88. The van der Waals surface area contributed by atoms with Crippen LogP contribution >= 0.6 is 11.3 Å². The van der Waals surface area contributed by atoms with E-state index in [4.69, 9.17) is 14.1 Å². The molecule has 0 spiro atoms. The first-order chi connectivity index (χ1) is 23.2. The number of ether oxygens (including phenoxy) is 1. The first-order valence-electron chi connectivity index (χ1n) is 15.6. The molecule has 2 N–H and O–H groups in total. The second-order valence-electron chi connectivity index (χ2n) is 11.3. The van der Waals surface area contributed by atoms with Gasteiger partial charge in [0.2, 0.25) is 11.8 Å². The van der Waals surface area contributed by atoms with Crippen LogP contribution in [0.5, 0.6) is 0 Å². The molecule has 0 saturated carbocycles. The number of carbonyl (C=O) groups is 2. The van der Waals surface area contributed by atoms with Crippen molar-refractivity contribution >= 4 is 23.2 Å². The largest absolute Gasteiger partial charge is 0.462 e. The van der Waals surface area contributed by atoms with Crippen LogP contribution in [0.2, 0.25) is 0 Å². The summed E-state index contributed by atoms with van der Waals surface area (Å²) in [7, 11) is 0. The van der Waals surface area contributed by atoms with Crippen molar-refractivity contribution in [3.8, 4) is 21.9 Å². The Morgan fingerprint density at radius 3 is 2.48 bits per heavy atom. The summed E-state index contributed by atoms with van der Waals surface area (Å²) < 4.78 is 52.3. The van der Waals surface area contributed by atoms with Crippen LogP contribution in [0.1, 0.15) is 74.2 Å². The van der Waals surface area contributed by atoms with E-state index in [0.29, 0.717) is 56.6 Å². The van der Waals surface area contributed by atoms with E-state index in [1.165, 1.54) is 18.2 Å². The molecule has 1 aliphatic rings. The van der Waals surface area contributed by atoms with Gasteiger partial charge in [0.15, 0.2) is 11.6 Å². The van der Waals surface area contributed by atoms with Crippen LogP contribution in [0.3, 0.4) is 0 Å². The van der Waals surface area contributed by atoms with Crippen molar-refractivity contribution in [1.82, 2.24) is 25.8 Å². The first-order valence-corrected chi connectivity index (χ1v) is 16.4. The predicted molar refractivity (Wildman–Crippen MR) is 173 cm³/mol. The molecule has 48 heavy (non-hydrogen) atoms. The minimum absolute atomic E-state index is 0.0237. The van der Waals surface area contributed by atoms with Crippen molar-refractivity contribution < 1.29 is 31.9 Å². The highest BCUT2D eigenvalue weighted by Gasteiger charge is 2.34. The summed E-state index contributed by atoms with van der Waals surface area (Å²) >= 11 is 1.14. The standard InChI is InChI=1S/C35H32F3N5O4S/c1-3-46-35(45)31-30(27-14-15-28(48-27)33(44)40-18-21-8-12-23(37)24(38)17-21)29(34-43-42-19(2)47-34)25(41-32(31)26-5-4-16-39-26)13-9-20-6-10-22(36)11-7-20/h6-8,10-12,14-15,17,26,39H,3-5,9,13,16,18H2,1-2H3,(H,40,44). The predicted octanol–water partition coefficient (Wildman–Crippen LogP) is 6.90. The van der Waals surface area contributed by atoms with Crippen LogP contribution in [-0.4, -0.2) is 40.2 Å². The topological polar surface area (TPSA) is 119 Å². The van der Waals surface area contributed by atoms with Gasteiger partial charge >= 0.3 is 5.97 Å². The summed E-state index contributed by atoms with van der Waals surface area (Å²) in [5, 5.41) is 14.6. The zero-order chi connectivity index (χ0) is 33.8. The summed E-state index contributed by atoms with van der Waals surface area (Å²) in [6, 6.07) is 12.8. The number of amides is 1. The number of hydrogen-bond acceptors (Lipinski definition) is 9. The zero-order valence-corrected chi connectivity index (χ0v) is 27.1. The Labute approximate surface area is 278 Å². The fourth-order valence-corrected chi connectivity index (χ4v) is 6.70. The van der Waals surface area contributed by atoms with Gasteiger partial charge < -0.3 is 19.8 Å². The van der Waals surface area contributed by atoms with Gasteiger partial charge in [0.05, 0.1) is 40.0 Å². The molecule has 1 atom stereocenters. The number of nitrogens with one attached hydrogen (secondary N) is 2. The molecule has 0 bridgehead atoms. The molecule has 5 aromatic rings. The van der Waals surface area contributed by atoms with Crippen molar-refractivity contribution in [2.75, 3.05) is 13.2 Å². The fourth-order valence-electron chi connectivity index (χ4n) is 5.72. The quantitative estimate of drug-likeness (QED) is 0.145. The summed E-state index contributed by atoms with van der Waals surface area (Å²) in [4.78, 5) is 33.1.